The molecule has 20 heavy (non-hydrogen) atoms. The van der Waals surface area contributed by atoms with Gasteiger partial charge in [0, 0.05) is 31.4 Å². The van der Waals surface area contributed by atoms with E-state index in [0.717, 1.165) is 0 Å². The van der Waals surface area contributed by atoms with Crippen LogP contribution < -0.4 is 5.56 Å². The van der Waals surface area contributed by atoms with Crippen LogP contribution in [0.15, 0.2) is 28.0 Å². The molecule has 2 N–H and O–H groups in total. The fourth-order valence-electron chi connectivity index (χ4n) is 2.44. The smallest absolute Gasteiger partial charge is 0.247 e. The lowest BCUT2D eigenvalue weighted by atomic mass is 10.2. The van der Waals surface area contributed by atoms with E-state index in [0.29, 0.717) is 13.0 Å². The number of nitrogens with one attached hydrogen (secondary N) is 1. The highest BCUT2D eigenvalue weighted by Gasteiger charge is 2.39. The summed E-state index contributed by atoms with van der Waals surface area (Å²) in [5.41, 5.74) is -0.352. The minimum Gasteiger partial charge on any atom is -0.392 e. The van der Waals surface area contributed by atoms with Crippen molar-refractivity contribution in [2.45, 2.75) is 23.5 Å². The van der Waals surface area contributed by atoms with Gasteiger partial charge in [0.1, 0.15) is 0 Å². The molecule has 1 aliphatic rings. The maximum absolute atomic E-state index is 12.6. The van der Waals surface area contributed by atoms with Crippen molar-refractivity contribution >= 4 is 10.0 Å². The van der Waals surface area contributed by atoms with E-state index in [1.165, 1.54) is 22.6 Å². The van der Waals surface area contributed by atoms with Gasteiger partial charge in [-0.3, -0.25) is 4.79 Å². The molecule has 2 heterocycles. The van der Waals surface area contributed by atoms with Gasteiger partial charge in [0.2, 0.25) is 15.6 Å². The third-order valence-electron chi connectivity index (χ3n) is 3.28. The van der Waals surface area contributed by atoms with Crippen LogP contribution >= 0.6 is 0 Å². The molecule has 0 amide bonds. The van der Waals surface area contributed by atoms with Crippen LogP contribution in [0.3, 0.4) is 0 Å². The summed E-state index contributed by atoms with van der Waals surface area (Å²) in [5, 5.41) is 9.75. The fraction of sp³-hybridized carbons (Fsp3) is 0.583. The second-order valence-corrected chi connectivity index (χ2v) is 7.16. The van der Waals surface area contributed by atoms with Gasteiger partial charge >= 0.3 is 0 Å². The second kappa shape index (κ2) is 5.65. The number of hydrogen-bond acceptors (Lipinski definition) is 5. The molecule has 2 rings (SSSR count). The molecule has 1 fully saturated rings. The molecular formula is C12H19N3O4S. The van der Waals surface area contributed by atoms with E-state index in [4.69, 9.17) is 0 Å². The van der Waals surface area contributed by atoms with Gasteiger partial charge in [0.05, 0.1) is 11.0 Å². The van der Waals surface area contributed by atoms with Gasteiger partial charge in [-0.05, 0) is 26.6 Å². The van der Waals surface area contributed by atoms with Crippen LogP contribution in [0.5, 0.6) is 0 Å². The molecule has 0 aliphatic carbocycles. The van der Waals surface area contributed by atoms with Crippen LogP contribution in [0.2, 0.25) is 0 Å². The van der Waals surface area contributed by atoms with E-state index in [-0.39, 0.29) is 23.0 Å². The Kier molecular flexibility index (Phi) is 4.28. The molecule has 0 radical (unpaired) electrons. The molecule has 0 spiro atoms. The van der Waals surface area contributed by atoms with E-state index in [9.17, 15) is 18.3 Å². The summed E-state index contributed by atoms with van der Waals surface area (Å²) in [6.45, 7) is 0.625. The molecule has 1 aliphatic heterocycles. The van der Waals surface area contributed by atoms with Crippen molar-refractivity contribution < 1.29 is 13.5 Å². The van der Waals surface area contributed by atoms with Gasteiger partial charge in [0.15, 0.2) is 0 Å². The molecule has 7 nitrogen and oxygen atoms in total. The minimum absolute atomic E-state index is 0.0370. The van der Waals surface area contributed by atoms with Crippen LogP contribution in [0, 0.1) is 0 Å². The Morgan fingerprint density at radius 2 is 2.15 bits per heavy atom. The van der Waals surface area contributed by atoms with E-state index < -0.39 is 16.1 Å². The van der Waals surface area contributed by atoms with Crippen molar-refractivity contribution in [3.05, 3.63) is 28.7 Å². The zero-order valence-corrected chi connectivity index (χ0v) is 12.3. The highest BCUT2D eigenvalue weighted by Crippen LogP contribution is 2.26. The standard InChI is InChI=1S/C12H19N3O4S/c1-14(2)7-9-5-10(16)8-15(9)20(18,19)11-3-4-12(17)13-6-11/h3-4,6,9-10,16H,5,7-8H2,1-2H3,(H,13,17). The molecule has 1 saturated heterocycles. The van der Waals surface area contributed by atoms with E-state index in [1.54, 1.807) is 0 Å². The molecule has 2 unspecified atom stereocenters. The first-order valence-electron chi connectivity index (χ1n) is 6.34. The molecular weight excluding hydrogens is 282 g/mol. The fourth-order valence-corrected chi connectivity index (χ4v) is 4.07. The predicted octanol–water partition coefficient (Wildman–Crippen LogP) is -0.940. The number of H-pyrrole nitrogens is 1. The number of sulfonamides is 1. The van der Waals surface area contributed by atoms with E-state index in [2.05, 4.69) is 4.98 Å². The van der Waals surface area contributed by atoms with Gasteiger partial charge < -0.3 is 15.0 Å². The molecule has 112 valence electrons. The van der Waals surface area contributed by atoms with Crippen LogP contribution in [-0.4, -0.2) is 67.0 Å². The largest absolute Gasteiger partial charge is 0.392 e. The van der Waals surface area contributed by atoms with Crippen molar-refractivity contribution in [2.75, 3.05) is 27.2 Å². The number of hydrogen-bond donors (Lipinski definition) is 2. The van der Waals surface area contributed by atoms with Crippen molar-refractivity contribution in [1.82, 2.24) is 14.2 Å². The number of aliphatic hydroxyl groups is 1. The zero-order chi connectivity index (χ0) is 14.9. The van der Waals surface area contributed by atoms with Crippen molar-refractivity contribution in [1.29, 1.82) is 0 Å². The normalized spacial score (nSPS) is 24.4. The number of nitrogens with zero attached hydrogens (tertiary/aromatic N) is 2. The summed E-state index contributed by atoms with van der Waals surface area (Å²) < 4.78 is 26.4. The average Bonchev–Trinajstić information content (AvgIpc) is 2.70. The molecule has 0 aromatic carbocycles. The molecule has 0 bridgehead atoms. The lowest BCUT2D eigenvalue weighted by Gasteiger charge is -2.25. The number of likely N-dealkylation sites (N-methyl/N-ethyl adjacent to an activating group) is 1. The summed E-state index contributed by atoms with van der Waals surface area (Å²) in [6.07, 6.45) is 0.952. The lowest BCUT2D eigenvalue weighted by Crippen LogP contribution is -2.41. The highest BCUT2D eigenvalue weighted by atomic mass is 32.2. The third kappa shape index (κ3) is 3.09. The number of rotatable bonds is 4. The average molecular weight is 301 g/mol. The van der Waals surface area contributed by atoms with Crippen LogP contribution in [-0.2, 0) is 10.0 Å². The number of pyridine rings is 1. The van der Waals surface area contributed by atoms with Gasteiger partial charge in [-0.25, -0.2) is 8.42 Å². The van der Waals surface area contributed by atoms with Crippen molar-refractivity contribution in [3.63, 3.8) is 0 Å². The quantitative estimate of drug-likeness (QED) is 0.749. The van der Waals surface area contributed by atoms with Gasteiger partial charge in [-0.1, -0.05) is 0 Å². The summed E-state index contributed by atoms with van der Waals surface area (Å²) in [4.78, 5) is 15.3. The maximum atomic E-state index is 12.6. The summed E-state index contributed by atoms with van der Waals surface area (Å²) >= 11 is 0. The van der Waals surface area contributed by atoms with Crippen LogP contribution in [0.25, 0.3) is 0 Å². The Balaban J connectivity index is 2.31. The summed E-state index contributed by atoms with van der Waals surface area (Å²) in [6, 6.07) is 2.20. The maximum Gasteiger partial charge on any atom is 0.247 e. The third-order valence-corrected chi connectivity index (χ3v) is 5.19. The van der Waals surface area contributed by atoms with E-state index in [1.807, 2.05) is 19.0 Å². The van der Waals surface area contributed by atoms with Crippen LogP contribution in [0.1, 0.15) is 6.42 Å². The second-order valence-electron chi connectivity index (χ2n) is 5.27. The lowest BCUT2D eigenvalue weighted by molar-refractivity contribution is 0.188. The molecule has 1 aromatic heterocycles. The SMILES string of the molecule is CN(C)CC1CC(O)CN1S(=O)(=O)c1ccc(=O)[nH]c1. The molecule has 1 aromatic rings. The topological polar surface area (TPSA) is 93.7 Å². The number of aromatic nitrogens is 1. The molecule has 2 atom stereocenters. The first-order valence-corrected chi connectivity index (χ1v) is 7.78. The predicted molar refractivity (Wildman–Crippen MR) is 73.9 cm³/mol. The van der Waals surface area contributed by atoms with Crippen molar-refractivity contribution in [2.24, 2.45) is 0 Å². The first-order chi connectivity index (χ1) is 9.30. The van der Waals surface area contributed by atoms with E-state index >= 15 is 0 Å². The Hall–Kier alpha value is -1.22. The number of aromatic amines is 1. The monoisotopic (exact) mass is 301 g/mol. The van der Waals surface area contributed by atoms with Crippen molar-refractivity contribution in [3.8, 4) is 0 Å². The number of aliphatic hydroxyl groups excluding tert-OH is 1. The molecule has 8 heteroatoms. The van der Waals surface area contributed by atoms with Crippen LogP contribution in [0.4, 0.5) is 0 Å². The Morgan fingerprint density at radius 1 is 1.45 bits per heavy atom. The van der Waals surface area contributed by atoms with Gasteiger partial charge in [-0.2, -0.15) is 4.31 Å². The summed E-state index contributed by atoms with van der Waals surface area (Å²) in [5.74, 6) is 0. The van der Waals surface area contributed by atoms with Gasteiger partial charge in [0.25, 0.3) is 0 Å². The Labute approximate surface area is 117 Å². The Morgan fingerprint density at radius 3 is 2.70 bits per heavy atom. The minimum atomic E-state index is -3.71. The molecule has 0 saturated carbocycles. The zero-order valence-electron chi connectivity index (χ0n) is 11.5. The first kappa shape index (κ1) is 15.2. The Bertz CT molecular complexity index is 605. The highest BCUT2D eigenvalue weighted by molar-refractivity contribution is 7.89. The number of β-amino-alcohol motifs (C(OH)–C–C–N with tert-alkyl or cyclic N) is 1. The van der Waals surface area contributed by atoms with Gasteiger partial charge in [-0.15, -0.1) is 0 Å². The summed E-state index contributed by atoms with van der Waals surface area (Å²) in [7, 11) is 0.00665.